The second-order valence-electron chi connectivity index (χ2n) is 9.71. The second-order valence-corrected chi connectivity index (χ2v) is 9.71. The van der Waals surface area contributed by atoms with Gasteiger partial charge in [-0.15, -0.1) is 0 Å². The molecule has 1 aliphatic rings. The number of hydrogen-bond acceptors (Lipinski definition) is 2. The minimum Gasteiger partial charge on any atom is -0.323 e. The van der Waals surface area contributed by atoms with Crippen LogP contribution in [0.4, 0.5) is 13.2 Å². The summed E-state index contributed by atoms with van der Waals surface area (Å²) < 4.78 is 44.4. The lowest BCUT2D eigenvalue weighted by Crippen LogP contribution is -2.34. The molecule has 1 unspecified atom stereocenters. The third-order valence-corrected chi connectivity index (χ3v) is 7.39. The smallest absolute Gasteiger partial charge is 0.323 e. The zero-order chi connectivity index (χ0) is 24.2. The Kier molecular flexibility index (Phi) is 5.71. The average Bonchev–Trinajstić information content (AvgIpc) is 3.39. The molecular formula is C27H31F3N4. The Morgan fingerprint density at radius 2 is 1.85 bits per heavy atom. The Hall–Kier alpha value is -2.80. The molecule has 0 saturated heterocycles. The normalized spacial score (nSPS) is 15.6. The predicted molar refractivity (Wildman–Crippen MR) is 129 cm³/mol. The first-order valence-corrected chi connectivity index (χ1v) is 12.1. The van der Waals surface area contributed by atoms with E-state index in [-0.39, 0.29) is 6.04 Å². The largest absolute Gasteiger partial charge is 0.416 e. The molecule has 2 heterocycles. The summed E-state index contributed by atoms with van der Waals surface area (Å²) in [4.78, 5) is 10.4. The van der Waals surface area contributed by atoms with Crippen LogP contribution in [0, 0.1) is 26.7 Å². The number of hydrogen-bond donors (Lipinski definition) is 1. The number of H-pyrrole nitrogens is 1. The molecule has 2 aromatic carbocycles. The Labute approximate surface area is 197 Å². The Morgan fingerprint density at radius 1 is 1.12 bits per heavy atom. The first kappa shape index (κ1) is 23.0. The summed E-state index contributed by atoms with van der Waals surface area (Å²) in [6.45, 7) is 9.16. The fourth-order valence-electron chi connectivity index (χ4n) is 5.23. The molecule has 0 radical (unpaired) electrons. The van der Waals surface area contributed by atoms with Crippen LogP contribution in [-0.4, -0.2) is 32.4 Å². The van der Waals surface area contributed by atoms with Crippen molar-refractivity contribution in [3.63, 3.8) is 0 Å². The highest BCUT2D eigenvalue weighted by Gasteiger charge is 2.37. The van der Waals surface area contributed by atoms with Gasteiger partial charge in [-0.1, -0.05) is 19.1 Å². The lowest BCUT2D eigenvalue weighted by atomic mass is 9.88. The van der Waals surface area contributed by atoms with Crippen LogP contribution in [0.2, 0.25) is 0 Å². The van der Waals surface area contributed by atoms with E-state index < -0.39 is 11.7 Å². The van der Waals surface area contributed by atoms with Crippen molar-refractivity contribution >= 4 is 16.8 Å². The van der Waals surface area contributed by atoms with Crippen LogP contribution in [-0.2, 0) is 6.18 Å². The quantitative estimate of drug-likeness (QED) is 0.318. The van der Waals surface area contributed by atoms with Gasteiger partial charge in [0.05, 0.1) is 34.5 Å². The zero-order valence-electron chi connectivity index (χ0n) is 20.1. The minimum atomic E-state index is -4.40. The summed E-state index contributed by atoms with van der Waals surface area (Å²) >= 11 is 0. The van der Waals surface area contributed by atoms with Gasteiger partial charge in [-0.25, -0.2) is 4.98 Å². The summed E-state index contributed by atoms with van der Waals surface area (Å²) in [7, 11) is 0. The fourth-order valence-corrected chi connectivity index (χ4v) is 5.23. The molecule has 1 aliphatic carbocycles. The average molecular weight is 469 g/mol. The van der Waals surface area contributed by atoms with Gasteiger partial charge < -0.3 is 4.98 Å². The highest BCUT2D eigenvalue weighted by molar-refractivity contribution is 5.80. The SMILES string of the molecule is CCCN(CC1CC1)C(c1cc(C(F)(F)F)c(C)c(C)c1C)c1cnc2[nH]c3ccccc3n12. The molecule has 0 spiro atoms. The molecule has 7 heteroatoms. The van der Waals surface area contributed by atoms with E-state index in [1.54, 1.807) is 6.92 Å². The van der Waals surface area contributed by atoms with Crippen molar-refractivity contribution in [1.29, 1.82) is 0 Å². The summed E-state index contributed by atoms with van der Waals surface area (Å²) in [5.74, 6) is 1.32. The third kappa shape index (κ3) is 3.90. The Balaban J connectivity index is 1.79. The number of nitrogens with zero attached hydrogens (tertiary/aromatic N) is 3. The number of benzene rings is 2. The van der Waals surface area contributed by atoms with Gasteiger partial charge in [0.25, 0.3) is 0 Å². The van der Waals surface area contributed by atoms with Crippen molar-refractivity contribution in [2.24, 2.45) is 5.92 Å². The lowest BCUT2D eigenvalue weighted by molar-refractivity contribution is -0.138. The van der Waals surface area contributed by atoms with Crippen molar-refractivity contribution in [2.45, 2.75) is 59.2 Å². The summed E-state index contributed by atoms with van der Waals surface area (Å²) in [5.41, 5.74) is 4.95. The Morgan fingerprint density at radius 3 is 2.53 bits per heavy atom. The zero-order valence-corrected chi connectivity index (χ0v) is 20.1. The van der Waals surface area contributed by atoms with E-state index in [4.69, 9.17) is 0 Å². The van der Waals surface area contributed by atoms with E-state index in [2.05, 4.69) is 26.2 Å². The molecule has 4 nitrogen and oxygen atoms in total. The molecule has 1 fully saturated rings. The second kappa shape index (κ2) is 8.45. The van der Waals surface area contributed by atoms with Crippen LogP contribution in [0.1, 0.15) is 65.7 Å². The van der Waals surface area contributed by atoms with Crippen LogP contribution >= 0.6 is 0 Å². The fraction of sp³-hybridized carbons (Fsp3) is 0.444. The molecule has 1 N–H and O–H groups in total. The summed E-state index contributed by atoms with van der Waals surface area (Å²) in [6.07, 6.45) is 0.722. The van der Waals surface area contributed by atoms with Crippen molar-refractivity contribution in [1.82, 2.24) is 19.3 Å². The van der Waals surface area contributed by atoms with E-state index >= 15 is 0 Å². The van der Waals surface area contributed by atoms with Crippen molar-refractivity contribution < 1.29 is 13.2 Å². The van der Waals surface area contributed by atoms with Crippen LogP contribution in [0.15, 0.2) is 36.5 Å². The standard InChI is InChI=1S/C27H31F3N4/c1-5-12-33(15-19-10-11-19)25(20-13-21(27(28,29)30)18(4)16(2)17(20)3)24-14-31-26-32-22-8-6-7-9-23(22)34(24)26/h6-9,13-14,19,25H,5,10-12,15H2,1-4H3,(H,31,32). The molecular weight excluding hydrogens is 437 g/mol. The van der Waals surface area contributed by atoms with E-state index in [1.807, 2.05) is 44.3 Å². The molecule has 5 rings (SSSR count). The molecule has 2 aromatic heterocycles. The van der Waals surface area contributed by atoms with E-state index in [1.165, 1.54) is 18.9 Å². The van der Waals surface area contributed by atoms with Gasteiger partial charge in [-0.3, -0.25) is 9.30 Å². The van der Waals surface area contributed by atoms with Crippen molar-refractivity contribution in [3.05, 3.63) is 70.0 Å². The number of halogens is 3. The molecule has 0 bridgehead atoms. The van der Waals surface area contributed by atoms with Gasteiger partial charge in [0.2, 0.25) is 5.78 Å². The van der Waals surface area contributed by atoms with Gasteiger partial charge in [0.15, 0.2) is 0 Å². The summed E-state index contributed by atoms with van der Waals surface area (Å²) in [5, 5.41) is 0. The number of fused-ring (bicyclic) bond motifs is 3. The monoisotopic (exact) mass is 468 g/mol. The first-order chi connectivity index (χ1) is 16.2. The topological polar surface area (TPSA) is 36.3 Å². The number of alkyl halides is 3. The maximum absolute atomic E-state index is 14.1. The molecule has 1 saturated carbocycles. The molecule has 180 valence electrons. The summed E-state index contributed by atoms with van der Waals surface area (Å²) in [6, 6.07) is 9.04. The van der Waals surface area contributed by atoms with E-state index in [9.17, 15) is 13.2 Å². The highest BCUT2D eigenvalue weighted by atomic mass is 19.4. The van der Waals surface area contributed by atoms with Gasteiger partial charge in [-0.05, 0) is 92.9 Å². The van der Waals surface area contributed by atoms with Crippen LogP contribution in [0.25, 0.3) is 16.8 Å². The van der Waals surface area contributed by atoms with Crippen molar-refractivity contribution in [3.8, 4) is 0 Å². The lowest BCUT2D eigenvalue weighted by Gasteiger charge is -2.34. The van der Waals surface area contributed by atoms with Crippen LogP contribution in [0.5, 0.6) is 0 Å². The number of aromatic nitrogens is 3. The predicted octanol–water partition coefficient (Wildman–Crippen LogP) is 6.97. The van der Waals surface area contributed by atoms with Gasteiger partial charge in [0, 0.05) is 6.54 Å². The van der Waals surface area contributed by atoms with Gasteiger partial charge in [-0.2, -0.15) is 13.2 Å². The van der Waals surface area contributed by atoms with Gasteiger partial charge >= 0.3 is 6.18 Å². The number of nitrogens with one attached hydrogen (secondary N) is 1. The molecule has 0 aliphatic heterocycles. The van der Waals surface area contributed by atoms with Gasteiger partial charge in [0.1, 0.15) is 0 Å². The number of para-hydroxylation sites is 2. The number of imidazole rings is 2. The van der Waals surface area contributed by atoms with Crippen LogP contribution in [0.3, 0.4) is 0 Å². The minimum absolute atomic E-state index is 0.308. The van der Waals surface area contributed by atoms with Crippen LogP contribution < -0.4 is 0 Å². The maximum Gasteiger partial charge on any atom is 0.416 e. The molecule has 1 atom stereocenters. The third-order valence-electron chi connectivity index (χ3n) is 7.39. The molecule has 34 heavy (non-hydrogen) atoms. The van der Waals surface area contributed by atoms with E-state index in [0.29, 0.717) is 22.8 Å². The van der Waals surface area contributed by atoms with E-state index in [0.717, 1.165) is 47.4 Å². The molecule has 4 aromatic rings. The highest BCUT2D eigenvalue weighted by Crippen LogP contribution is 2.42. The number of aromatic amines is 1. The Bertz CT molecular complexity index is 1340. The molecule has 0 amide bonds. The number of rotatable bonds is 7. The first-order valence-electron chi connectivity index (χ1n) is 12.1. The maximum atomic E-state index is 14.1. The van der Waals surface area contributed by atoms with Crippen molar-refractivity contribution in [2.75, 3.05) is 13.1 Å².